The highest BCUT2D eigenvalue weighted by atomic mass is 19.1. The smallest absolute Gasteiger partial charge is 0.407 e. The summed E-state index contributed by atoms with van der Waals surface area (Å²) in [7, 11) is 0. The highest BCUT2D eigenvalue weighted by molar-refractivity contribution is 5.67. The molecule has 2 N–H and O–H groups in total. The molecule has 4 nitrogen and oxygen atoms in total. The Morgan fingerprint density at radius 2 is 1.96 bits per heavy atom. The van der Waals surface area contributed by atoms with Crippen LogP contribution in [-0.2, 0) is 11.3 Å². The zero-order chi connectivity index (χ0) is 16.7. The largest absolute Gasteiger partial charge is 0.504 e. The summed E-state index contributed by atoms with van der Waals surface area (Å²) in [4.78, 5) is 11.5. The molecule has 0 aromatic heterocycles. The molecule has 0 aliphatic rings. The molecule has 2 aromatic carbocycles. The lowest BCUT2D eigenvalue weighted by Gasteiger charge is -2.05. The van der Waals surface area contributed by atoms with Gasteiger partial charge in [-0.05, 0) is 11.6 Å². The van der Waals surface area contributed by atoms with Gasteiger partial charge in [-0.1, -0.05) is 42.5 Å². The van der Waals surface area contributed by atoms with Gasteiger partial charge in [-0.15, -0.1) is 0 Å². The minimum Gasteiger partial charge on any atom is -0.504 e. The zero-order valence-electron chi connectivity index (χ0n) is 12.1. The molecular formula is C17H15F2NO3. The van der Waals surface area contributed by atoms with E-state index in [0.29, 0.717) is 6.07 Å². The summed E-state index contributed by atoms with van der Waals surface area (Å²) in [5.74, 6) is -2.48. The third-order valence-corrected chi connectivity index (χ3v) is 2.93. The van der Waals surface area contributed by atoms with Crippen molar-refractivity contribution in [3.63, 3.8) is 0 Å². The van der Waals surface area contributed by atoms with Crippen LogP contribution in [0.25, 0.3) is 6.08 Å². The van der Waals surface area contributed by atoms with Crippen LogP contribution < -0.4 is 5.32 Å². The van der Waals surface area contributed by atoms with Crippen molar-refractivity contribution in [3.05, 3.63) is 71.3 Å². The molecule has 0 unspecified atom stereocenters. The van der Waals surface area contributed by atoms with Gasteiger partial charge in [-0.3, -0.25) is 0 Å². The number of nitrogens with one attached hydrogen (secondary N) is 1. The molecule has 0 aliphatic carbocycles. The van der Waals surface area contributed by atoms with E-state index >= 15 is 0 Å². The minimum absolute atomic E-state index is 0.0121. The van der Waals surface area contributed by atoms with Crippen LogP contribution in [0.3, 0.4) is 0 Å². The van der Waals surface area contributed by atoms with E-state index in [1.165, 1.54) is 12.2 Å². The van der Waals surface area contributed by atoms with Gasteiger partial charge in [0.25, 0.3) is 0 Å². The molecule has 0 heterocycles. The first-order chi connectivity index (χ1) is 11.1. The fraction of sp³-hybridized carbons (Fsp3) is 0.118. The fourth-order valence-electron chi connectivity index (χ4n) is 1.82. The average Bonchev–Trinajstić information content (AvgIpc) is 2.54. The molecule has 0 saturated carbocycles. The lowest BCUT2D eigenvalue weighted by Crippen LogP contribution is -2.24. The van der Waals surface area contributed by atoms with E-state index in [1.807, 2.05) is 30.3 Å². The minimum atomic E-state index is -1.04. The summed E-state index contributed by atoms with van der Waals surface area (Å²) in [6.07, 6.45) is 2.13. The second kappa shape index (κ2) is 7.93. The van der Waals surface area contributed by atoms with Crippen LogP contribution in [0, 0.1) is 11.6 Å². The van der Waals surface area contributed by atoms with Gasteiger partial charge in [0.2, 0.25) is 0 Å². The maximum Gasteiger partial charge on any atom is 0.407 e. The highest BCUT2D eigenvalue weighted by Gasteiger charge is 2.07. The molecule has 2 rings (SSSR count). The lowest BCUT2D eigenvalue weighted by molar-refractivity contribution is 0.141. The van der Waals surface area contributed by atoms with Gasteiger partial charge in [0, 0.05) is 18.2 Å². The predicted molar refractivity (Wildman–Crippen MR) is 81.7 cm³/mol. The Bertz CT molecular complexity index is 702. The van der Waals surface area contributed by atoms with E-state index in [1.54, 1.807) is 0 Å². The lowest BCUT2D eigenvalue weighted by atomic mass is 10.1. The average molecular weight is 319 g/mol. The molecule has 120 valence electrons. The third kappa shape index (κ3) is 5.10. The summed E-state index contributed by atoms with van der Waals surface area (Å²) in [6.45, 7) is 0.234. The summed E-state index contributed by atoms with van der Waals surface area (Å²) < 4.78 is 31.1. The number of rotatable bonds is 5. The maximum absolute atomic E-state index is 13.1. The molecule has 0 saturated heterocycles. The molecule has 6 heteroatoms. The molecular weight excluding hydrogens is 304 g/mol. The predicted octanol–water partition coefficient (Wildman–Crippen LogP) is 3.61. The van der Waals surface area contributed by atoms with Crippen LogP contribution in [0.5, 0.6) is 5.75 Å². The first-order valence-corrected chi connectivity index (χ1v) is 6.85. The van der Waals surface area contributed by atoms with Gasteiger partial charge in [-0.25, -0.2) is 13.6 Å². The molecule has 0 atom stereocenters. The topological polar surface area (TPSA) is 58.6 Å². The molecule has 0 bridgehead atoms. The third-order valence-electron chi connectivity index (χ3n) is 2.93. The fourth-order valence-corrected chi connectivity index (χ4v) is 1.82. The van der Waals surface area contributed by atoms with Gasteiger partial charge in [0.05, 0.1) is 0 Å². The van der Waals surface area contributed by atoms with Crippen LogP contribution >= 0.6 is 0 Å². The number of phenolic OH excluding ortho intramolecular Hbond substituents is 1. The van der Waals surface area contributed by atoms with Crippen molar-refractivity contribution in [3.8, 4) is 5.75 Å². The van der Waals surface area contributed by atoms with Crippen molar-refractivity contribution in [2.45, 2.75) is 6.61 Å². The van der Waals surface area contributed by atoms with Gasteiger partial charge >= 0.3 is 6.09 Å². The number of ether oxygens (including phenoxy) is 1. The Balaban J connectivity index is 1.79. The number of benzene rings is 2. The number of hydrogen-bond acceptors (Lipinski definition) is 3. The SMILES string of the molecule is O=C(NCC=Cc1cc(F)cc(F)c1O)OCc1ccccc1. The number of carbonyl (C=O) groups excluding carboxylic acids is 1. The van der Waals surface area contributed by atoms with E-state index in [4.69, 9.17) is 4.74 Å². The number of aromatic hydroxyl groups is 1. The number of alkyl carbamates (subject to hydrolysis) is 1. The number of hydrogen-bond donors (Lipinski definition) is 2. The monoisotopic (exact) mass is 319 g/mol. The van der Waals surface area contributed by atoms with Crippen LogP contribution in [-0.4, -0.2) is 17.7 Å². The molecule has 0 spiro atoms. The summed E-state index contributed by atoms with van der Waals surface area (Å²) in [5.41, 5.74) is 0.848. The first kappa shape index (κ1) is 16.5. The van der Waals surface area contributed by atoms with Crippen molar-refractivity contribution in [2.24, 2.45) is 0 Å². The Morgan fingerprint density at radius 3 is 2.70 bits per heavy atom. The van der Waals surface area contributed by atoms with Gasteiger partial charge < -0.3 is 15.2 Å². The van der Waals surface area contributed by atoms with E-state index in [2.05, 4.69) is 5.32 Å². The molecule has 0 radical (unpaired) electrons. The standard InChI is InChI=1S/C17H15F2NO3/c18-14-9-13(16(21)15(19)10-14)7-4-8-20-17(22)23-11-12-5-2-1-3-6-12/h1-7,9-10,21H,8,11H2,(H,20,22). The molecule has 0 fully saturated rings. The molecule has 0 aliphatic heterocycles. The van der Waals surface area contributed by atoms with Crippen LogP contribution in [0.1, 0.15) is 11.1 Å². The van der Waals surface area contributed by atoms with Crippen molar-refractivity contribution in [1.29, 1.82) is 0 Å². The number of amides is 1. The number of phenols is 1. The second-order valence-electron chi connectivity index (χ2n) is 4.67. The molecule has 23 heavy (non-hydrogen) atoms. The maximum atomic E-state index is 13.1. The van der Waals surface area contributed by atoms with Crippen molar-refractivity contribution >= 4 is 12.2 Å². The van der Waals surface area contributed by atoms with Crippen molar-refractivity contribution in [1.82, 2.24) is 5.32 Å². The van der Waals surface area contributed by atoms with Crippen molar-refractivity contribution in [2.75, 3.05) is 6.54 Å². The van der Waals surface area contributed by atoms with Gasteiger partial charge in [0.15, 0.2) is 11.6 Å². The molecule has 1 amide bonds. The summed E-state index contributed by atoms with van der Waals surface area (Å²) in [6, 6.07) is 10.8. The quantitative estimate of drug-likeness (QED) is 0.885. The first-order valence-electron chi connectivity index (χ1n) is 6.85. The van der Waals surface area contributed by atoms with E-state index in [0.717, 1.165) is 11.6 Å². The van der Waals surface area contributed by atoms with Gasteiger partial charge in [-0.2, -0.15) is 0 Å². The van der Waals surface area contributed by atoms with Crippen LogP contribution in [0.2, 0.25) is 0 Å². The number of carbonyl (C=O) groups is 1. The summed E-state index contributed by atoms with van der Waals surface area (Å²) in [5, 5.41) is 11.9. The second-order valence-corrected chi connectivity index (χ2v) is 4.67. The van der Waals surface area contributed by atoms with Crippen LogP contribution in [0.15, 0.2) is 48.5 Å². The molecule has 2 aromatic rings. The van der Waals surface area contributed by atoms with E-state index < -0.39 is 23.5 Å². The van der Waals surface area contributed by atoms with Crippen molar-refractivity contribution < 1.29 is 23.4 Å². The Kier molecular flexibility index (Phi) is 5.68. The zero-order valence-corrected chi connectivity index (χ0v) is 12.1. The van der Waals surface area contributed by atoms with E-state index in [-0.39, 0.29) is 18.7 Å². The summed E-state index contributed by atoms with van der Waals surface area (Å²) >= 11 is 0. The number of halogens is 2. The Labute approximate surface area is 132 Å². The van der Waals surface area contributed by atoms with Crippen LogP contribution in [0.4, 0.5) is 13.6 Å². The highest BCUT2D eigenvalue weighted by Crippen LogP contribution is 2.23. The normalized spacial score (nSPS) is 10.7. The van der Waals surface area contributed by atoms with Gasteiger partial charge in [0.1, 0.15) is 12.4 Å². The Hall–Kier alpha value is -2.89. The van der Waals surface area contributed by atoms with E-state index in [9.17, 15) is 18.7 Å². The Morgan fingerprint density at radius 1 is 1.22 bits per heavy atom.